The van der Waals surface area contributed by atoms with Crippen LogP contribution in [0.15, 0.2) is 48.5 Å². The molecule has 0 bridgehead atoms. The van der Waals surface area contributed by atoms with Crippen LogP contribution < -0.4 is 10.5 Å². The van der Waals surface area contributed by atoms with Gasteiger partial charge in [-0.3, -0.25) is 0 Å². The van der Waals surface area contributed by atoms with Gasteiger partial charge in [-0.25, -0.2) is 0 Å². The average Bonchev–Trinajstić information content (AvgIpc) is 2.44. The molecule has 0 aliphatic carbocycles. The second-order valence-corrected chi connectivity index (χ2v) is 4.85. The van der Waals surface area contributed by atoms with Crippen LogP contribution in [0.4, 0.5) is 0 Å². The van der Waals surface area contributed by atoms with Crippen molar-refractivity contribution < 1.29 is 4.74 Å². The van der Waals surface area contributed by atoms with Crippen LogP contribution in [0.1, 0.15) is 17.5 Å². The first-order valence-corrected chi connectivity index (χ1v) is 6.82. The van der Waals surface area contributed by atoms with Crippen LogP contribution in [-0.2, 0) is 13.0 Å². The highest BCUT2D eigenvalue weighted by Crippen LogP contribution is 2.21. The molecule has 100 valence electrons. The molecule has 0 aromatic heterocycles. The minimum atomic E-state index is 0.528. The Labute approximate surface area is 119 Å². The summed E-state index contributed by atoms with van der Waals surface area (Å²) < 4.78 is 5.88. The molecule has 0 saturated carbocycles. The summed E-state index contributed by atoms with van der Waals surface area (Å²) in [6.45, 7) is 1.23. The molecule has 2 nitrogen and oxygen atoms in total. The fraction of sp³-hybridized carbons (Fsp3) is 0.250. The Morgan fingerprint density at radius 3 is 2.68 bits per heavy atom. The van der Waals surface area contributed by atoms with Crippen molar-refractivity contribution in [3.63, 3.8) is 0 Å². The van der Waals surface area contributed by atoms with E-state index in [-0.39, 0.29) is 0 Å². The normalized spacial score (nSPS) is 10.4. The fourth-order valence-electron chi connectivity index (χ4n) is 1.93. The molecule has 0 atom stereocenters. The van der Waals surface area contributed by atoms with Gasteiger partial charge in [0, 0.05) is 5.02 Å². The second kappa shape index (κ2) is 7.17. The van der Waals surface area contributed by atoms with Gasteiger partial charge < -0.3 is 10.5 Å². The molecule has 0 heterocycles. The number of hydrogen-bond donors (Lipinski definition) is 1. The summed E-state index contributed by atoms with van der Waals surface area (Å²) in [5, 5.41) is 0.734. The van der Waals surface area contributed by atoms with Gasteiger partial charge >= 0.3 is 0 Å². The number of rotatable bonds is 6. The van der Waals surface area contributed by atoms with Gasteiger partial charge in [-0.15, -0.1) is 0 Å². The number of nitrogens with two attached hydrogens (primary N) is 1. The van der Waals surface area contributed by atoms with Gasteiger partial charge in [0.2, 0.25) is 0 Å². The van der Waals surface area contributed by atoms with Crippen LogP contribution in [0.25, 0.3) is 0 Å². The highest BCUT2D eigenvalue weighted by molar-refractivity contribution is 6.30. The van der Waals surface area contributed by atoms with Crippen molar-refractivity contribution in [3.05, 3.63) is 64.7 Å². The summed E-state index contributed by atoms with van der Waals surface area (Å²) in [6.07, 6.45) is 1.92. The maximum Gasteiger partial charge on any atom is 0.122 e. The Morgan fingerprint density at radius 1 is 1.05 bits per heavy atom. The van der Waals surface area contributed by atoms with E-state index in [0.29, 0.717) is 13.2 Å². The molecule has 19 heavy (non-hydrogen) atoms. The van der Waals surface area contributed by atoms with Crippen LogP contribution in [0.3, 0.4) is 0 Å². The zero-order chi connectivity index (χ0) is 13.5. The molecule has 3 heteroatoms. The first-order valence-electron chi connectivity index (χ1n) is 6.45. The summed E-state index contributed by atoms with van der Waals surface area (Å²) in [5.41, 5.74) is 7.83. The molecular formula is C16H18ClNO. The lowest BCUT2D eigenvalue weighted by Gasteiger charge is -2.11. The molecule has 0 aliphatic rings. The van der Waals surface area contributed by atoms with E-state index in [2.05, 4.69) is 6.07 Å². The van der Waals surface area contributed by atoms with E-state index in [4.69, 9.17) is 22.1 Å². The first-order chi connectivity index (χ1) is 9.29. The van der Waals surface area contributed by atoms with Crippen LogP contribution >= 0.6 is 11.6 Å². The number of halogens is 1. The van der Waals surface area contributed by atoms with E-state index < -0.39 is 0 Å². The highest BCUT2D eigenvalue weighted by atomic mass is 35.5. The quantitative estimate of drug-likeness (QED) is 0.870. The van der Waals surface area contributed by atoms with Gasteiger partial charge in [0.05, 0.1) is 0 Å². The zero-order valence-electron chi connectivity index (χ0n) is 10.8. The maximum atomic E-state index is 5.96. The van der Waals surface area contributed by atoms with Gasteiger partial charge in [-0.1, -0.05) is 41.9 Å². The Morgan fingerprint density at radius 2 is 1.89 bits per heavy atom. The molecule has 2 rings (SSSR count). The van der Waals surface area contributed by atoms with E-state index in [1.165, 1.54) is 5.56 Å². The molecule has 0 fully saturated rings. The van der Waals surface area contributed by atoms with Crippen LogP contribution in [0, 0.1) is 0 Å². The predicted molar refractivity (Wildman–Crippen MR) is 79.6 cm³/mol. The van der Waals surface area contributed by atoms with Crippen molar-refractivity contribution >= 4 is 11.6 Å². The highest BCUT2D eigenvalue weighted by Gasteiger charge is 2.03. The van der Waals surface area contributed by atoms with Crippen LogP contribution in [0.2, 0.25) is 5.02 Å². The molecular weight excluding hydrogens is 258 g/mol. The number of aryl methyl sites for hydroxylation is 1. The molecule has 0 amide bonds. The lowest BCUT2D eigenvalue weighted by molar-refractivity contribution is 0.303. The van der Waals surface area contributed by atoms with Crippen molar-refractivity contribution in [2.75, 3.05) is 6.54 Å². The van der Waals surface area contributed by atoms with E-state index in [1.807, 2.05) is 42.5 Å². The third-order valence-corrected chi connectivity index (χ3v) is 3.14. The molecule has 2 aromatic rings. The Bertz CT molecular complexity index is 528. The largest absolute Gasteiger partial charge is 0.489 e. The van der Waals surface area contributed by atoms with Crippen LogP contribution in [0.5, 0.6) is 5.75 Å². The minimum Gasteiger partial charge on any atom is -0.489 e. The maximum absolute atomic E-state index is 5.96. The topological polar surface area (TPSA) is 35.2 Å². The molecule has 0 unspecified atom stereocenters. The van der Waals surface area contributed by atoms with Crippen LogP contribution in [-0.4, -0.2) is 6.54 Å². The molecule has 0 saturated heterocycles. The summed E-state index contributed by atoms with van der Waals surface area (Å²) in [7, 11) is 0. The lowest BCUT2D eigenvalue weighted by atomic mass is 10.1. The van der Waals surface area contributed by atoms with Gasteiger partial charge in [0.1, 0.15) is 12.4 Å². The molecule has 2 N–H and O–H groups in total. The Hall–Kier alpha value is -1.51. The van der Waals surface area contributed by atoms with Crippen molar-refractivity contribution in [2.24, 2.45) is 5.73 Å². The monoisotopic (exact) mass is 275 g/mol. The molecule has 0 radical (unpaired) electrons. The lowest BCUT2D eigenvalue weighted by Crippen LogP contribution is -2.03. The Kier molecular flexibility index (Phi) is 5.25. The smallest absolute Gasteiger partial charge is 0.122 e. The number of hydrogen-bond acceptors (Lipinski definition) is 2. The SMILES string of the molecule is NCCCc1ccccc1OCc1cccc(Cl)c1. The minimum absolute atomic E-state index is 0.528. The number of benzene rings is 2. The summed E-state index contributed by atoms with van der Waals surface area (Å²) in [4.78, 5) is 0. The summed E-state index contributed by atoms with van der Waals surface area (Å²) in [6, 6.07) is 15.8. The molecule has 2 aromatic carbocycles. The number of ether oxygens (including phenoxy) is 1. The van der Waals surface area contributed by atoms with E-state index in [9.17, 15) is 0 Å². The third kappa shape index (κ3) is 4.27. The van der Waals surface area contributed by atoms with Gasteiger partial charge in [0.25, 0.3) is 0 Å². The van der Waals surface area contributed by atoms with Crippen molar-refractivity contribution in [1.29, 1.82) is 0 Å². The van der Waals surface area contributed by atoms with Crippen molar-refractivity contribution in [2.45, 2.75) is 19.4 Å². The fourth-order valence-corrected chi connectivity index (χ4v) is 2.14. The standard InChI is InChI=1S/C16H18ClNO/c17-15-8-3-5-13(11-15)12-19-16-9-2-1-6-14(16)7-4-10-18/h1-3,5-6,8-9,11H,4,7,10,12,18H2. The summed E-state index contributed by atoms with van der Waals surface area (Å²) >= 11 is 5.96. The molecule has 0 spiro atoms. The van der Waals surface area contributed by atoms with Crippen molar-refractivity contribution in [1.82, 2.24) is 0 Å². The van der Waals surface area contributed by atoms with E-state index in [1.54, 1.807) is 0 Å². The summed E-state index contributed by atoms with van der Waals surface area (Å²) in [5.74, 6) is 0.927. The van der Waals surface area contributed by atoms with Gasteiger partial charge in [-0.05, 0) is 48.7 Å². The van der Waals surface area contributed by atoms with E-state index in [0.717, 1.165) is 29.2 Å². The number of para-hydroxylation sites is 1. The van der Waals surface area contributed by atoms with Crippen molar-refractivity contribution in [3.8, 4) is 5.75 Å². The second-order valence-electron chi connectivity index (χ2n) is 4.42. The average molecular weight is 276 g/mol. The Balaban J connectivity index is 2.02. The first kappa shape index (κ1) is 13.9. The van der Waals surface area contributed by atoms with Gasteiger partial charge in [0.15, 0.2) is 0 Å². The zero-order valence-corrected chi connectivity index (χ0v) is 11.6. The van der Waals surface area contributed by atoms with Gasteiger partial charge in [-0.2, -0.15) is 0 Å². The predicted octanol–water partition coefficient (Wildman–Crippen LogP) is 3.81. The van der Waals surface area contributed by atoms with E-state index >= 15 is 0 Å². The molecule has 0 aliphatic heterocycles. The third-order valence-electron chi connectivity index (χ3n) is 2.91.